The van der Waals surface area contributed by atoms with Crippen LogP contribution in [0.25, 0.3) is 22.3 Å². The van der Waals surface area contributed by atoms with E-state index < -0.39 is 0 Å². The van der Waals surface area contributed by atoms with Crippen molar-refractivity contribution in [3.63, 3.8) is 0 Å². The summed E-state index contributed by atoms with van der Waals surface area (Å²) >= 11 is 0. The number of para-hydroxylation sites is 2. The van der Waals surface area contributed by atoms with Crippen LogP contribution in [0.4, 0.5) is 34.1 Å². The number of rotatable bonds is 6. The van der Waals surface area contributed by atoms with E-state index in [2.05, 4.69) is 155 Å². The summed E-state index contributed by atoms with van der Waals surface area (Å²) in [5, 5.41) is 19.1. The first kappa shape index (κ1) is 35.8. The minimum atomic E-state index is -0.290. The molecule has 0 unspecified atom stereocenters. The maximum atomic E-state index is 9.56. The Morgan fingerprint density at radius 2 is 0.842 bits per heavy atom. The highest BCUT2D eigenvalue weighted by Crippen LogP contribution is 2.62. The van der Waals surface area contributed by atoms with Crippen LogP contribution in [0.3, 0.4) is 0 Å². The number of nitriles is 2. The van der Waals surface area contributed by atoms with E-state index in [0.29, 0.717) is 11.1 Å². The largest absolute Gasteiger partial charge is 0.310 e. The van der Waals surface area contributed by atoms with Crippen LogP contribution in [0, 0.1) is 43.4 Å². The Morgan fingerprint density at radius 1 is 0.421 bits per heavy atom. The molecular weight excluding hydrogens is 693 g/mol. The van der Waals surface area contributed by atoms with Crippen molar-refractivity contribution in [1.29, 1.82) is 10.5 Å². The van der Waals surface area contributed by atoms with Crippen LogP contribution in [0.1, 0.15) is 77.8 Å². The average Bonchev–Trinajstić information content (AvgIpc) is 3.60. The zero-order valence-electron chi connectivity index (χ0n) is 33.6. The number of fused-ring (bicyclic) bond motifs is 7. The summed E-state index contributed by atoms with van der Waals surface area (Å²) < 4.78 is 0. The van der Waals surface area contributed by atoms with Crippen LogP contribution in [0.15, 0.2) is 140 Å². The molecule has 0 bridgehead atoms. The molecule has 0 amide bonds. The molecule has 0 fully saturated rings. The number of anilines is 6. The quantitative estimate of drug-likeness (QED) is 0.171. The SMILES string of the molecule is Cc1cc(N(c2ccccc2)c2ccc(C#N)cc2)cc2c1-c1c(C)c(C)c3c(c1C2(C)C)C(C)(C)c1cc(N(c2ccccc2)c2ccc(C#N)cc2)ccc1-3. The van der Waals surface area contributed by atoms with E-state index >= 15 is 0 Å². The van der Waals surface area contributed by atoms with Gasteiger partial charge in [-0.25, -0.2) is 0 Å². The van der Waals surface area contributed by atoms with Gasteiger partial charge >= 0.3 is 0 Å². The minimum absolute atomic E-state index is 0.287. The number of hydrogen-bond donors (Lipinski definition) is 0. The Morgan fingerprint density at radius 3 is 1.37 bits per heavy atom. The molecule has 2 aliphatic rings. The minimum Gasteiger partial charge on any atom is -0.310 e. The van der Waals surface area contributed by atoms with Gasteiger partial charge < -0.3 is 9.80 Å². The lowest BCUT2D eigenvalue weighted by Gasteiger charge is -2.33. The molecule has 57 heavy (non-hydrogen) atoms. The van der Waals surface area contributed by atoms with Gasteiger partial charge in [0, 0.05) is 45.0 Å². The van der Waals surface area contributed by atoms with Gasteiger partial charge in [-0.05, 0) is 179 Å². The third kappa shape index (κ3) is 5.40. The molecular formula is C53H44N4. The molecule has 9 rings (SSSR count). The van der Waals surface area contributed by atoms with Gasteiger partial charge in [0.05, 0.1) is 23.3 Å². The Kier molecular flexibility index (Phi) is 8.24. The fourth-order valence-corrected chi connectivity index (χ4v) is 9.72. The van der Waals surface area contributed by atoms with E-state index in [0.717, 1.165) is 34.1 Å². The molecule has 7 aromatic carbocycles. The molecule has 4 nitrogen and oxygen atoms in total. The average molecular weight is 737 g/mol. The summed E-state index contributed by atoms with van der Waals surface area (Å²) in [5.41, 5.74) is 21.9. The topological polar surface area (TPSA) is 54.1 Å². The maximum Gasteiger partial charge on any atom is 0.0991 e. The van der Waals surface area contributed by atoms with Crippen LogP contribution in [0.5, 0.6) is 0 Å². The van der Waals surface area contributed by atoms with Crippen molar-refractivity contribution >= 4 is 34.1 Å². The van der Waals surface area contributed by atoms with Crippen molar-refractivity contribution in [2.75, 3.05) is 9.80 Å². The van der Waals surface area contributed by atoms with Gasteiger partial charge in [-0.15, -0.1) is 0 Å². The standard InChI is InChI=1S/C53H44N4/c1-33-28-43(57(39-16-12-9-13-17-39)41-24-20-37(32-55)21-25-41)30-46-47(33)49-35(3)34(2)48-44-27-26-42(29-45(44)52(4,5)50(48)51(49)53(46,6)7)56(38-14-10-8-11-15-38)40-22-18-36(31-54)19-23-40/h8-30H,1-7H3. The van der Waals surface area contributed by atoms with E-state index in [1.54, 1.807) is 0 Å². The normalized spacial score (nSPS) is 13.8. The highest BCUT2D eigenvalue weighted by atomic mass is 15.1. The first-order valence-corrected chi connectivity index (χ1v) is 19.6. The molecule has 0 atom stereocenters. The first-order chi connectivity index (χ1) is 27.4. The zero-order valence-corrected chi connectivity index (χ0v) is 33.6. The third-order valence-corrected chi connectivity index (χ3v) is 12.6. The number of hydrogen-bond acceptors (Lipinski definition) is 4. The van der Waals surface area contributed by atoms with Crippen molar-refractivity contribution in [3.8, 4) is 34.4 Å². The number of nitrogens with zero attached hydrogens (tertiary/aromatic N) is 4. The molecule has 2 aliphatic carbocycles. The first-order valence-electron chi connectivity index (χ1n) is 19.6. The highest BCUT2D eigenvalue weighted by Gasteiger charge is 2.48. The Labute approximate surface area is 336 Å². The summed E-state index contributed by atoms with van der Waals surface area (Å²) in [6, 6.07) is 53.0. The van der Waals surface area contributed by atoms with E-state index in [9.17, 15) is 10.5 Å². The second-order valence-corrected chi connectivity index (χ2v) is 16.6. The van der Waals surface area contributed by atoms with Gasteiger partial charge in [-0.3, -0.25) is 0 Å². The van der Waals surface area contributed by atoms with E-state index in [-0.39, 0.29) is 10.8 Å². The molecule has 4 heteroatoms. The summed E-state index contributed by atoms with van der Waals surface area (Å²) in [6.45, 7) is 16.5. The monoisotopic (exact) mass is 736 g/mol. The zero-order chi connectivity index (χ0) is 39.8. The highest BCUT2D eigenvalue weighted by molar-refractivity contribution is 5.97. The Hall–Kier alpha value is -6.88. The maximum absolute atomic E-state index is 9.56. The van der Waals surface area contributed by atoms with Gasteiger partial charge in [0.25, 0.3) is 0 Å². The van der Waals surface area contributed by atoms with Crippen LogP contribution >= 0.6 is 0 Å². The molecule has 0 N–H and O–H groups in total. The van der Waals surface area contributed by atoms with E-state index in [4.69, 9.17) is 0 Å². The second kappa shape index (κ2) is 13.1. The summed E-state index contributed by atoms with van der Waals surface area (Å²) in [5.74, 6) is 0. The predicted octanol–water partition coefficient (Wildman–Crippen LogP) is 13.9. The Balaban J connectivity index is 1.22. The number of aryl methyl sites for hydroxylation is 1. The van der Waals surface area contributed by atoms with Gasteiger partial charge in [-0.1, -0.05) is 70.2 Å². The van der Waals surface area contributed by atoms with Crippen molar-refractivity contribution < 1.29 is 0 Å². The van der Waals surface area contributed by atoms with Crippen LogP contribution in [-0.2, 0) is 10.8 Å². The molecule has 0 aromatic heterocycles. The van der Waals surface area contributed by atoms with Crippen LogP contribution in [0.2, 0.25) is 0 Å². The Bertz CT molecular complexity index is 2820. The van der Waals surface area contributed by atoms with E-state index in [1.165, 1.54) is 61.2 Å². The van der Waals surface area contributed by atoms with E-state index in [1.807, 2.05) is 54.6 Å². The summed E-state index contributed by atoms with van der Waals surface area (Å²) in [6.07, 6.45) is 0. The van der Waals surface area contributed by atoms with Gasteiger partial charge in [-0.2, -0.15) is 10.5 Å². The molecule has 0 saturated heterocycles. The van der Waals surface area contributed by atoms with Crippen molar-refractivity contribution in [2.45, 2.75) is 59.3 Å². The van der Waals surface area contributed by atoms with Crippen molar-refractivity contribution in [1.82, 2.24) is 0 Å². The molecule has 7 aromatic rings. The van der Waals surface area contributed by atoms with Gasteiger partial charge in [0.15, 0.2) is 0 Å². The summed E-state index contributed by atoms with van der Waals surface area (Å²) in [4.78, 5) is 4.60. The summed E-state index contributed by atoms with van der Waals surface area (Å²) in [7, 11) is 0. The smallest absolute Gasteiger partial charge is 0.0991 e. The molecule has 0 heterocycles. The van der Waals surface area contributed by atoms with Crippen molar-refractivity contribution in [2.24, 2.45) is 0 Å². The van der Waals surface area contributed by atoms with Crippen LogP contribution < -0.4 is 9.80 Å². The molecule has 0 radical (unpaired) electrons. The van der Waals surface area contributed by atoms with Gasteiger partial charge in [0.2, 0.25) is 0 Å². The molecule has 0 aliphatic heterocycles. The third-order valence-electron chi connectivity index (χ3n) is 12.6. The molecule has 0 saturated carbocycles. The second-order valence-electron chi connectivity index (χ2n) is 16.6. The molecule has 0 spiro atoms. The predicted molar refractivity (Wildman–Crippen MR) is 235 cm³/mol. The van der Waals surface area contributed by atoms with Crippen LogP contribution in [-0.4, -0.2) is 0 Å². The number of benzene rings is 7. The lowest BCUT2D eigenvalue weighted by atomic mass is 9.71. The molecule has 276 valence electrons. The van der Waals surface area contributed by atoms with Gasteiger partial charge in [0.1, 0.15) is 0 Å². The lowest BCUT2D eigenvalue weighted by Crippen LogP contribution is -2.25. The fourth-order valence-electron chi connectivity index (χ4n) is 9.72. The lowest BCUT2D eigenvalue weighted by molar-refractivity contribution is 0.600. The van der Waals surface area contributed by atoms with Crippen molar-refractivity contribution in [3.05, 3.63) is 190 Å². The fraction of sp³-hybridized carbons (Fsp3) is 0.170.